The minimum absolute atomic E-state index is 0.154. The van der Waals surface area contributed by atoms with Crippen molar-refractivity contribution < 1.29 is 9.31 Å². The fourth-order valence-electron chi connectivity index (χ4n) is 1.74. The van der Waals surface area contributed by atoms with Crippen LogP contribution >= 0.6 is 0 Å². The van der Waals surface area contributed by atoms with Crippen molar-refractivity contribution in [2.24, 2.45) is 0 Å². The highest BCUT2D eigenvalue weighted by Crippen LogP contribution is 2.05. The van der Waals surface area contributed by atoms with Gasteiger partial charge in [0.05, 0.1) is 0 Å². The molecule has 0 atom stereocenters. The van der Waals surface area contributed by atoms with E-state index in [9.17, 15) is 0 Å². The summed E-state index contributed by atoms with van der Waals surface area (Å²) in [6.07, 6.45) is 3.28. The lowest BCUT2D eigenvalue weighted by Crippen LogP contribution is -2.36. The third-order valence-corrected chi connectivity index (χ3v) is 2.74. The fourth-order valence-corrected chi connectivity index (χ4v) is 1.74. The molecule has 1 aliphatic rings. The molecule has 1 aliphatic heterocycles. The van der Waals surface area contributed by atoms with Crippen LogP contribution in [0.3, 0.4) is 0 Å². The second-order valence-corrected chi connectivity index (χ2v) is 3.88. The molecule has 1 aromatic carbocycles. The first kappa shape index (κ1) is 10.7. The summed E-state index contributed by atoms with van der Waals surface area (Å²) in [5.74, 6) is 0. The van der Waals surface area contributed by atoms with Crippen LogP contribution in [0.5, 0.6) is 0 Å². The van der Waals surface area contributed by atoms with Crippen LogP contribution in [0, 0.1) is 0 Å². The van der Waals surface area contributed by atoms with Crippen LogP contribution in [0.25, 0.3) is 0 Å². The third kappa shape index (κ3) is 2.83. The van der Waals surface area contributed by atoms with Crippen LogP contribution in [-0.2, 0) is 15.7 Å². The van der Waals surface area contributed by atoms with Crippen molar-refractivity contribution in [3.8, 4) is 0 Å². The molecule has 0 N–H and O–H groups in total. The number of hydrogen-bond acceptors (Lipinski definition) is 2. The predicted molar refractivity (Wildman–Crippen MR) is 62.3 cm³/mol. The molecule has 0 bridgehead atoms. The van der Waals surface area contributed by atoms with Crippen molar-refractivity contribution in [1.82, 2.24) is 0 Å². The molecule has 0 spiro atoms. The quantitative estimate of drug-likeness (QED) is 0.683. The van der Waals surface area contributed by atoms with E-state index < -0.39 is 0 Å². The van der Waals surface area contributed by atoms with Gasteiger partial charge in [-0.2, -0.15) is 0 Å². The molecule has 1 aromatic rings. The molecule has 0 amide bonds. The van der Waals surface area contributed by atoms with E-state index in [2.05, 4.69) is 31.2 Å². The van der Waals surface area contributed by atoms with Gasteiger partial charge in [0.15, 0.2) is 0 Å². The number of hydrogen-bond donors (Lipinski definition) is 0. The van der Waals surface area contributed by atoms with E-state index in [1.807, 2.05) is 0 Å². The van der Waals surface area contributed by atoms with Crippen molar-refractivity contribution in [1.29, 1.82) is 0 Å². The van der Waals surface area contributed by atoms with Crippen LogP contribution in [0.4, 0.5) is 0 Å². The van der Waals surface area contributed by atoms with Gasteiger partial charge in [-0.05, 0) is 30.3 Å². The monoisotopic (exact) mass is 204 g/mol. The van der Waals surface area contributed by atoms with E-state index in [1.54, 1.807) is 0 Å². The maximum Gasteiger partial charge on any atom is 0.493 e. The molecule has 0 radical (unpaired) electrons. The normalized spacial score (nSPS) is 17.5. The summed E-state index contributed by atoms with van der Waals surface area (Å²) in [6, 6.07) is 8.50. The Morgan fingerprint density at radius 2 is 1.67 bits per heavy atom. The Morgan fingerprint density at radius 1 is 1.07 bits per heavy atom. The van der Waals surface area contributed by atoms with Crippen molar-refractivity contribution in [2.45, 2.75) is 26.2 Å². The van der Waals surface area contributed by atoms with Crippen LogP contribution in [0.1, 0.15) is 25.3 Å². The summed E-state index contributed by atoms with van der Waals surface area (Å²) in [6.45, 7) is 3.77. The first-order valence-corrected chi connectivity index (χ1v) is 5.72. The summed E-state index contributed by atoms with van der Waals surface area (Å²) >= 11 is 0. The maximum absolute atomic E-state index is 5.64. The highest BCUT2D eigenvalue weighted by Gasteiger charge is 2.22. The van der Waals surface area contributed by atoms with Crippen molar-refractivity contribution >= 4 is 12.6 Å². The van der Waals surface area contributed by atoms with E-state index in [1.165, 1.54) is 5.56 Å². The second kappa shape index (κ2) is 5.33. The molecular weight excluding hydrogens is 187 g/mol. The summed E-state index contributed by atoms with van der Waals surface area (Å²) < 4.78 is 11.3. The number of aryl methyl sites for hydroxylation is 1. The molecule has 0 aliphatic carbocycles. The standard InChI is InChI=1S/C12H17BO2/c1-2-11-5-7-12(8-6-11)13-14-9-3-4-10-15-13/h5-8H,2-4,9-10H2,1H3. The first-order valence-electron chi connectivity index (χ1n) is 5.72. The van der Waals surface area contributed by atoms with Crippen LogP contribution < -0.4 is 5.46 Å². The highest BCUT2D eigenvalue weighted by molar-refractivity contribution is 6.61. The van der Waals surface area contributed by atoms with E-state index in [-0.39, 0.29) is 7.12 Å². The van der Waals surface area contributed by atoms with Crippen LogP contribution in [-0.4, -0.2) is 20.3 Å². The smallest absolute Gasteiger partial charge is 0.407 e. The van der Waals surface area contributed by atoms with Gasteiger partial charge < -0.3 is 9.31 Å². The van der Waals surface area contributed by atoms with Crippen molar-refractivity contribution in [3.63, 3.8) is 0 Å². The molecule has 1 saturated heterocycles. The zero-order valence-electron chi connectivity index (χ0n) is 9.24. The Kier molecular flexibility index (Phi) is 3.81. The molecule has 1 fully saturated rings. The molecule has 80 valence electrons. The summed E-state index contributed by atoms with van der Waals surface area (Å²) in [5, 5.41) is 0. The average molecular weight is 204 g/mol. The topological polar surface area (TPSA) is 18.5 Å². The largest absolute Gasteiger partial charge is 0.493 e. The van der Waals surface area contributed by atoms with Gasteiger partial charge in [0, 0.05) is 13.2 Å². The summed E-state index contributed by atoms with van der Waals surface area (Å²) in [4.78, 5) is 0. The van der Waals surface area contributed by atoms with E-state index in [4.69, 9.17) is 9.31 Å². The lowest BCUT2D eigenvalue weighted by Gasteiger charge is -2.11. The average Bonchev–Trinajstić information content (AvgIpc) is 2.58. The molecule has 0 saturated carbocycles. The molecule has 2 nitrogen and oxygen atoms in total. The van der Waals surface area contributed by atoms with Gasteiger partial charge in [-0.3, -0.25) is 0 Å². The SMILES string of the molecule is CCc1ccc(B2OCCCCO2)cc1. The lowest BCUT2D eigenvalue weighted by atomic mass is 9.78. The van der Waals surface area contributed by atoms with Gasteiger partial charge in [-0.25, -0.2) is 0 Å². The van der Waals surface area contributed by atoms with Gasteiger partial charge in [0.25, 0.3) is 0 Å². The zero-order valence-corrected chi connectivity index (χ0v) is 9.24. The Hall–Kier alpha value is -0.795. The predicted octanol–water partition coefficient (Wildman–Crippen LogP) is 1.77. The van der Waals surface area contributed by atoms with Crippen molar-refractivity contribution in [3.05, 3.63) is 29.8 Å². The fraction of sp³-hybridized carbons (Fsp3) is 0.500. The number of benzene rings is 1. The van der Waals surface area contributed by atoms with Crippen molar-refractivity contribution in [2.75, 3.05) is 13.2 Å². The van der Waals surface area contributed by atoms with E-state index in [0.29, 0.717) is 0 Å². The Balaban J connectivity index is 2.06. The molecular formula is C12H17BO2. The van der Waals surface area contributed by atoms with Gasteiger partial charge in [-0.1, -0.05) is 31.2 Å². The minimum atomic E-state index is -0.154. The Bertz CT molecular complexity index is 289. The highest BCUT2D eigenvalue weighted by atomic mass is 16.6. The molecule has 0 aromatic heterocycles. The minimum Gasteiger partial charge on any atom is -0.407 e. The maximum atomic E-state index is 5.64. The third-order valence-electron chi connectivity index (χ3n) is 2.74. The zero-order chi connectivity index (χ0) is 10.5. The molecule has 15 heavy (non-hydrogen) atoms. The van der Waals surface area contributed by atoms with Gasteiger partial charge in [0.1, 0.15) is 0 Å². The Labute approximate surface area is 91.7 Å². The Morgan fingerprint density at radius 3 is 2.20 bits per heavy atom. The van der Waals surface area contributed by atoms with Gasteiger partial charge in [-0.15, -0.1) is 0 Å². The molecule has 2 rings (SSSR count). The van der Waals surface area contributed by atoms with Crippen LogP contribution in [0.15, 0.2) is 24.3 Å². The van der Waals surface area contributed by atoms with E-state index in [0.717, 1.165) is 37.9 Å². The van der Waals surface area contributed by atoms with E-state index >= 15 is 0 Å². The first-order chi connectivity index (χ1) is 7.40. The second-order valence-electron chi connectivity index (χ2n) is 3.88. The summed E-state index contributed by atoms with van der Waals surface area (Å²) in [5.41, 5.74) is 2.49. The van der Waals surface area contributed by atoms with Gasteiger partial charge >= 0.3 is 7.12 Å². The van der Waals surface area contributed by atoms with Crippen LogP contribution in [0.2, 0.25) is 0 Å². The molecule has 0 unspecified atom stereocenters. The summed E-state index contributed by atoms with van der Waals surface area (Å²) in [7, 11) is -0.154. The molecule has 1 heterocycles. The molecule has 3 heteroatoms. The van der Waals surface area contributed by atoms with Gasteiger partial charge in [0.2, 0.25) is 0 Å². The lowest BCUT2D eigenvalue weighted by molar-refractivity contribution is 0.247. The number of rotatable bonds is 2.